The van der Waals surface area contributed by atoms with Crippen molar-refractivity contribution in [1.82, 2.24) is 19.9 Å². The van der Waals surface area contributed by atoms with Crippen molar-refractivity contribution >= 4 is 28.6 Å². The zero-order chi connectivity index (χ0) is 24.5. The molecule has 4 aromatic rings. The summed E-state index contributed by atoms with van der Waals surface area (Å²) < 4.78 is 34.5. The third kappa shape index (κ3) is 5.09. The molecule has 0 radical (unpaired) electrons. The van der Waals surface area contributed by atoms with Gasteiger partial charge in [-0.3, -0.25) is 4.79 Å². The van der Waals surface area contributed by atoms with Gasteiger partial charge in [-0.05, 0) is 49.8 Å². The lowest BCUT2D eigenvalue weighted by Gasteiger charge is -2.27. The number of hydrogen-bond donors (Lipinski definition) is 2. The number of H-pyrrole nitrogens is 1. The summed E-state index contributed by atoms with van der Waals surface area (Å²) in [5.74, 6) is -1.05. The number of imidazole rings is 1. The number of carboxylic acids is 1. The van der Waals surface area contributed by atoms with Gasteiger partial charge in [-0.15, -0.1) is 0 Å². The highest BCUT2D eigenvalue weighted by atomic mass is 35.5. The number of rotatable bonds is 6. The maximum Gasteiger partial charge on any atom is 0.303 e. The molecule has 10 heteroatoms. The van der Waals surface area contributed by atoms with Gasteiger partial charge in [0.25, 0.3) is 0 Å². The Morgan fingerprint density at radius 1 is 1.09 bits per heavy atom. The highest BCUT2D eigenvalue weighted by Gasteiger charge is 2.24. The van der Waals surface area contributed by atoms with E-state index in [1.807, 2.05) is 0 Å². The molecule has 1 aliphatic rings. The normalized spacial score (nSPS) is 18.0. The van der Waals surface area contributed by atoms with Gasteiger partial charge in [-0.2, -0.15) is 0 Å². The number of carbonyl (C=O) groups is 1. The van der Waals surface area contributed by atoms with Crippen LogP contribution in [0.2, 0.25) is 5.02 Å². The number of aromatic amines is 1. The van der Waals surface area contributed by atoms with Crippen LogP contribution in [0.1, 0.15) is 32.1 Å². The van der Waals surface area contributed by atoms with Gasteiger partial charge in [-0.25, -0.2) is 23.7 Å². The van der Waals surface area contributed by atoms with E-state index in [-0.39, 0.29) is 34.9 Å². The smallest absolute Gasteiger partial charge is 0.303 e. The van der Waals surface area contributed by atoms with Crippen molar-refractivity contribution in [2.24, 2.45) is 5.92 Å². The van der Waals surface area contributed by atoms with Crippen molar-refractivity contribution in [3.8, 4) is 28.5 Å². The maximum atomic E-state index is 14.9. The van der Waals surface area contributed by atoms with E-state index in [1.54, 1.807) is 12.1 Å². The van der Waals surface area contributed by atoms with Crippen LogP contribution in [0.25, 0.3) is 33.7 Å². The Hall–Kier alpha value is -3.59. The van der Waals surface area contributed by atoms with Gasteiger partial charge in [0.2, 0.25) is 5.88 Å². The summed E-state index contributed by atoms with van der Waals surface area (Å²) in [5, 5.41) is 8.89. The number of ether oxygens (including phenoxy) is 1. The Morgan fingerprint density at radius 3 is 2.57 bits per heavy atom. The molecule has 7 nitrogen and oxygen atoms in total. The maximum absolute atomic E-state index is 14.9. The van der Waals surface area contributed by atoms with Crippen LogP contribution >= 0.6 is 11.6 Å². The van der Waals surface area contributed by atoms with E-state index in [4.69, 9.17) is 21.4 Å². The van der Waals surface area contributed by atoms with Crippen molar-refractivity contribution in [3.05, 3.63) is 59.4 Å². The summed E-state index contributed by atoms with van der Waals surface area (Å²) in [6, 6.07) is 7.22. The summed E-state index contributed by atoms with van der Waals surface area (Å²) in [5.41, 5.74) is 2.10. The largest absolute Gasteiger partial charge is 0.481 e. The van der Waals surface area contributed by atoms with Gasteiger partial charge in [0.05, 0.1) is 39.7 Å². The van der Waals surface area contributed by atoms with Crippen LogP contribution in [0.5, 0.6) is 5.88 Å². The van der Waals surface area contributed by atoms with Crippen LogP contribution in [0.3, 0.4) is 0 Å². The average molecular weight is 499 g/mol. The van der Waals surface area contributed by atoms with Crippen LogP contribution < -0.4 is 4.74 Å². The lowest BCUT2D eigenvalue weighted by Crippen LogP contribution is -2.25. The first kappa shape index (κ1) is 23.2. The van der Waals surface area contributed by atoms with E-state index in [9.17, 15) is 13.6 Å². The monoisotopic (exact) mass is 498 g/mol. The Bertz CT molecular complexity index is 1350. The van der Waals surface area contributed by atoms with Gasteiger partial charge in [0, 0.05) is 18.1 Å². The molecule has 2 aromatic heterocycles. The molecule has 1 fully saturated rings. The third-order valence-corrected chi connectivity index (χ3v) is 6.51. The fourth-order valence-corrected chi connectivity index (χ4v) is 4.56. The fourth-order valence-electron chi connectivity index (χ4n) is 4.40. The molecule has 0 atom stereocenters. The van der Waals surface area contributed by atoms with Crippen molar-refractivity contribution in [2.75, 3.05) is 0 Å². The second-order valence-electron chi connectivity index (χ2n) is 8.66. The van der Waals surface area contributed by atoms with Gasteiger partial charge in [0.1, 0.15) is 23.6 Å². The van der Waals surface area contributed by atoms with E-state index < -0.39 is 17.6 Å². The summed E-state index contributed by atoms with van der Waals surface area (Å²) in [6.45, 7) is 0. The van der Waals surface area contributed by atoms with Crippen LogP contribution in [0, 0.1) is 17.6 Å². The molecule has 180 valence electrons. The van der Waals surface area contributed by atoms with Crippen molar-refractivity contribution in [2.45, 2.75) is 38.2 Å². The second kappa shape index (κ2) is 9.58. The van der Waals surface area contributed by atoms with Crippen molar-refractivity contribution in [1.29, 1.82) is 0 Å². The van der Waals surface area contributed by atoms with Crippen molar-refractivity contribution < 1.29 is 23.4 Å². The highest BCUT2D eigenvalue weighted by Crippen LogP contribution is 2.31. The third-order valence-electron chi connectivity index (χ3n) is 6.22. The van der Waals surface area contributed by atoms with E-state index in [0.29, 0.717) is 28.2 Å². The molecule has 0 unspecified atom stereocenters. The molecule has 0 bridgehead atoms. The Balaban J connectivity index is 1.27. The number of aliphatic carboxylic acids is 1. The minimum atomic E-state index is -0.766. The minimum Gasteiger partial charge on any atom is -0.481 e. The van der Waals surface area contributed by atoms with Crippen LogP contribution in [-0.4, -0.2) is 37.1 Å². The standard InChI is InChI=1S/C25H21ClF2N4O3/c26-17-9-20-21(10-19(17)28)32-25(31-20)16-6-3-14(8-18(16)27)22-11-30-23(12-29-22)35-15-4-1-13(2-5-15)7-24(33)34/h3,6,8-13,15H,1-2,4-5,7H2,(H,31,32)(H,33,34)/t13-,15+. The Labute approximate surface area is 204 Å². The number of fused-ring (bicyclic) bond motifs is 1. The van der Waals surface area contributed by atoms with Crippen LogP contribution in [0.15, 0.2) is 42.7 Å². The predicted octanol–water partition coefficient (Wildman–Crippen LogP) is 6.03. The van der Waals surface area contributed by atoms with Crippen LogP contribution in [-0.2, 0) is 4.79 Å². The summed E-state index contributed by atoms with van der Waals surface area (Å²) >= 11 is 5.81. The molecular weight excluding hydrogens is 478 g/mol. The SMILES string of the molecule is O=C(O)C[C@H]1CC[C@@H](Oc2cnc(-c3ccc(-c4nc5cc(F)c(Cl)cc5[nH]4)c(F)c3)cn2)CC1. The first-order valence-corrected chi connectivity index (χ1v) is 11.6. The number of nitrogens with one attached hydrogen (secondary N) is 1. The molecule has 2 N–H and O–H groups in total. The summed E-state index contributed by atoms with van der Waals surface area (Å²) in [4.78, 5) is 26.8. The lowest BCUT2D eigenvalue weighted by molar-refractivity contribution is -0.138. The van der Waals surface area contributed by atoms with E-state index in [2.05, 4.69) is 19.9 Å². The number of hydrogen-bond acceptors (Lipinski definition) is 5. The van der Waals surface area contributed by atoms with Crippen molar-refractivity contribution in [3.63, 3.8) is 0 Å². The van der Waals surface area contributed by atoms with Gasteiger partial charge >= 0.3 is 5.97 Å². The summed E-state index contributed by atoms with van der Waals surface area (Å²) in [6.07, 6.45) is 6.35. The van der Waals surface area contributed by atoms with E-state index in [1.165, 1.54) is 30.6 Å². The number of nitrogens with zero attached hydrogens (tertiary/aromatic N) is 3. The molecule has 2 heterocycles. The average Bonchev–Trinajstić information content (AvgIpc) is 3.23. The zero-order valence-corrected chi connectivity index (χ0v) is 19.2. The Kier molecular flexibility index (Phi) is 6.34. The number of aromatic nitrogens is 4. The summed E-state index contributed by atoms with van der Waals surface area (Å²) in [7, 11) is 0. The van der Waals surface area contributed by atoms with E-state index >= 15 is 0 Å². The molecule has 0 aliphatic heterocycles. The highest BCUT2D eigenvalue weighted by molar-refractivity contribution is 6.31. The molecule has 5 rings (SSSR count). The quantitative estimate of drug-likeness (QED) is 0.336. The lowest BCUT2D eigenvalue weighted by atomic mass is 9.85. The molecule has 0 saturated heterocycles. The molecule has 2 aromatic carbocycles. The molecule has 0 spiro atoms. The molecular formula is C25H21ClF2N4O3. The second-order valence-corrected chi connectivity index (χ2v) is 9.07. The number of carboxylic acid groups (broad SMARTS) is 1. The fraction of sp³-hybridized carbons (Fsp3) is 0.280. The molecule has 35 heavy (non-hydrogen) atoms. The molecule has 1 saturated carbocycles. The number of benzene rings is 2. The van der Waals surface area contributed by atoms with Crippen LogP contribution in [0.4, 0.5) is 8.78 Å². The Morgan fingerprint density at radius 2 is 1.89 bits per heavy atom. The predicted molar refractivity (Wildman–Crippen MR) is 126 cm³/mol. The van der Waals surface area contributed by atoms with Gasteiger partial charge in [-0.1, -0.05) is 17.7 Å². The van der Waals surface area contributed by atoms with Gasteiger partial charge in [0.15, 0.2) is 0 Å². The first-order chi connectivity index (χ1) is 16.9. The minimum absolute atomic E-state index is 0.0240. The zero-order valence-electron chi connectivity index (χ0n) is 18.5. The first-order valence-electron chi connectivity index (χ1n) is 11.2. The molecule has 0 amide bonds. The number of halogens is 3. The topological polar surface area (TPSA) is 101 Å². The van der Waals surface area contributed by atoms with E-state index in [0.717, 1.165) is 25.7 Å². The molecule has 1 aliphatic carbocycles. The van der Waals surface area contributed by atoms with Gasteiger partial charge < -0.3 is 14.8 Å².